The van der Waals surface area contributed by atoms with Gasteiger partial charge >= 0.3 is 5.97 Å². The molecule has 0 spiro atoms. The quantitative estimate of drug-likeness (QED) is 0.827. The minimum absolute atomic E-state index is 0.311. The third-order valence-corrected chi connectivity index (χ3v) is 2.56. The summed E-state index contributed by atoms with van der Waals surface area (Å²) in [6.45, 7) is 4.07. The Labute approximate surface area is 88.3 Å². The summed E-state index contributed by atoms with van der Waals surface area (Å²) < 4.78 is 5.14. The molecule has 2 rings (SSSR count). The molecule has 1 fully saturated rings. The van der Waals surface area contributed by atoms with Crippen molar-refractivity contribution in [3.8, 4) is 0 Å². The maximum atomic E-state index is 11.1. The van der Waals surface area contributed by atoms with Gasteiger partial charge in [0.25, 0.3) is 0 Å². The molecule has 0 aliphatic heterocycles. The molecule has 0 saturated heterocycles. The van der Waals surface area contributed by atoms with Gasteiger partial charge in [-0.2, -0.15) is 0 Å². The normalized spacial score (nSPS) is 15.9. The minimum atomic E-state index is -0.909. The van der Waals surface area contributed by atoms with Crippen LogP contribution in [-0.4, -0.2) is 16.2 Å². The van der Waals surface area contributed by atoms with Crippen molar-refractivity contribution in [2.75, 3.05) is 0 Å². The summed E-state index contributed by atoms with van der Waals surface area (Å²) in [6.07, 6.45) is 2.71. The third kappa shape index (κ3) is 2.03. The Balaban J connectivity index is 2.33. The predicted molar refractivity (Wildman–Crippen MR) is 54.0 cm³/mol. The van der Waals surface area contributed by atoms with Crippen LogP contribution in [0.25, 0.3) is 0 Å². The van der Waals surface area contributed by atoms with Crippen LogP contribution in [0.15, 0.2) is 4.52 Å². The fourth-order valence-corrected chi connectivity index (χ4v) is 1.71. The number of rotatable bonds is 4. The molecule has 4 nitrogen and oxygen atoms in total. The Morgan fingerprint density at radius 1 is 1.60 bits per heavy atom. The highest BCUT2D eigenvalue weighted by Crippen LogP contribution is 2.41. The molecule has 1 aliphatic carbocycles. The van der Waals surface area contributed by atoms with E-state index in [4.69, 9.17) is 9.63 Å². The number of aromatic nitrogens is 1. The molecule has 0 unspecified atom stereocenters. The summed E-state index contributed by atoms with van der Waals surface area (Å²) in [7, 11) is 0. The number of carbonyl (C=O) groups is 1. The van der Waals surface area contributed by atoms with Gasteiger partial charge < -0.3 is 9.63 Å². The van der Waals surface area contributed by atoms with Crippen LogP contribution in [0, 0.1) is 5.92 Å². The van der Waals surface area contributed by atoms with Crippen molar-refractivity contribution in [3.63, 3.8) is 0 Å². The highest BCUT2D eigenvalue weighted by atomic mass is 16.5. The van der Waals surface area contributed by atoms with Crippen molar-refractivity contribution < 1.29 is 14.4 Å². The van der Waals surface area contributed by atoms with Crippen molar-refractivity contribution in [1.29, 1.82) is 0 Å². The van der Waals surface area contributed by atoms with Crippen LogP contribution < -0.4 is 0 Å². The summed E-state index contributed by atoms with van der Waals surface area (Å²) in [5, 5.41) is 13.0. The van der Waals surface area contributed by atoms with Crippen LogP contribution in [0.1, 0.15) is 54.4 Å². The zero-order valence-corrected chi connectivity index (χ0v) is 8.99. The van der Waals surface area contributed by atoms with Crippen LogP contribution >= 0.6 is 0 Å². The van der Waals surface area contributed by atoms with Gasteiger partial charge in [-0.05, 0) is 18.8 Å². The zero-order chi connectivity index (χ0) is 11.0. The maximum absolute atomic E-state index is 11.1. The number of carboxylic acids is 1. The molecule has 15 heavy (non-hydrogen) atoms. The maximum Gasteiger partial charge on any atom is 0.341 e. The molecule has 4 heteroatoms. The molecule has 0 aromatic carbocycles. The first kappa shape index (κ1) is 10.2. The van der Waals surface area contributed by atoms with Crippen molar-refractivity contribution in [2.24, 2.45) is 5.92 Å². The topological polar surface area (TPSA) is 63.3 Å². The molecular formula is C11H15NO3. The van der Waals surface area contributed by atoms with Gasteiger partial charge in [0.2, 0.25) is 0 Å². The molecule has 0 atom stereocenters. The Bertz CT molecular complexity index is 377. The van der Waals surface area contributed by atoms with Crippen molar-refractivity contribution in [1.82, 2.24) is 5.16 Å². The molecule has 1 N–H and O–H groups in total. The molecular weight excluding hydrogens is 194 g/mol. The second kappa shape index (κ2) is 3.68. The fraction of sp³-hybridized carbons (Fsp3) is 0.636. The monoisotopic (exact) mass is 209 g/mol. The molecule has 1 aromatic heterocycles. The summed E-state index contributed by atoms with van der Waals surface area (Å²) in [6, 6.07) is 0. The summed E-state index contributed by atoms with van der Waals surface area (Å²) in [4.78, 5) is 11.1. The van der Waals surface area contributed by atoms with Gasteiger partial charge in [0.15, 0.2) is 5.76 Å². The van der Waals surface area contributed by atoms with E-state index in [1.54, 1.807) is 0 Å². The number of aromatic carboxylic acids is 1. The van der Waals surface area contributed by atoms with Gasteiger partial charge in [0.1, 0.15) is 11.3 Å². The molecule has 0 radical (unpaired) electrons. The van der Waals surface area contributed by atoms with E-state index in [2.05, 4.69) is 5.16 Å². The second-order valence-electron chi connectivity index (χ2n) is 4.54. The van der Waals surface area contributed by atoms with Gasteiger partial charge in [-0.3, -0.25) is 0 Å². The van der Waals surface area contributed by atoms with Gasteiger partial charge in [0, 0.05) is 12.3 Å². The zero-order valence-electron chi connectivity index (χ0n) is 8.99. The van der Waals surface area contributed by atoms with E-state index in [0.717, 1.165) is 12.8 Å². The number of hydrogen-bond acceptors (Lipinski definition) is 3. The SMILES string of the molecule is CC(C)Cc1onc(C2CC2)c1C(=O)O. The Morgan fingerprint density at radius 3 is 2.73 bits per heavy atom. The van der Waals surface area contributed by atoms with Crippen LogP contribution in [0.4, 0.5) is 0 Å². The lowest BCUT2D eigenvalue weighted by Crippen LogP contribution is -2.05. The summed E-state index contributed by atoms with van der Waals surface area (Å²) >= 11 is 0. The van der Waals surface area contributed by atoms with E-state index in [1.807, 2.05) is 13.8 Å². The minimum Gasteiger partial charge on any atom is -0.477 e. The number of nitrogens with zero attached hydrogens (tertiary/aromatic N) is 1. The fourth-order valence-electron chi connectivity index (χ4n) is 1.71. The van der Waals surface area contributed by atoms with E-state index in [0.29, 0.717) is 35.3 Å². The average molecular weight is 209 g/mol. The van der Waals surface area contributed by atoms with Crippen molar-refractivity contribution in [2.45, 2.75) is 39.0 Å². The lowest BCUT2D eigenvalue weighted by atomic mass is 10.0. The first-order chi connectivity index (χ1) is 7.09. The second-order valence-corrected chi connectivity index (χ2v) is 4.54. The first-order valence-corrected chi connectivity index (χ1v) is 5.31. The smallest absolute Gasteiger partial charge is 0.341 e. The Hall–Kier alpha value is -1.32. The molecule has 1 aromatic rings. The summed E-state index contributed by atoms with van der Waals surface area (Å²) in [5.74, 6) is 0.317. The van der Waals surface area contributed by atoms with Crippen LogP contribution in [0.5, 0.6) is 0 Å². The van der Waals surface area contributed by atoms with Gasteiger partial charge in [-0.25, -0.2) is 4.79 Å². The summed E-state index contributed by atoms with van der Waals surface area (Å²) in [5.41, 5.74) is 0.962. The van der Waals surface area contributed by atoms with Crippen molar-refractivity contribution in [3.05, 3.63) is 17.0 Å². The lowest BCUT2D eigenvalue weighted by molar-refractivity contribution is 0.0693. The Morgan fingerprint density at radius 2 is 2.27 bits per heavy atom. The molecule has 0 amide bonds. The molecule has 1 heterocycles. The van der Waals surface area contributed by atoms with Crippen molar-refractivity contribution >= 4 is 5.97 Å². The van der Waals surface area contributed by atoms with Crippen LogP contribution in [-0.2, 0) is 6.42 Å². The van der Waals surface area contributed by atoms with Gasteiger partial charge in [0.05, 0.1) is 0 Å². The molecule has 1 saturated carbocycles. The lowest BCUT2D eigenvalue weighted by Gasteiger charge is -2.01. The van der Waals surface area contributed by atoms with Crippen LogP contribution in [0.3, 0.4) is 0 Å². The number of hydrogen-bond donors (Lipinski definition) is 1. The number of carboxylic acid groups (broad SMARTS) is 1. The highest BCUT2D eigenvalue weighted by molar-refractivity contribution is 5.90. The van der Waals surface area contributed by atoms with E-state index < -0.39 is 5.97 Å². The van der Waals surface area contributed by atoms with E-state index in [1.165, 1.54) is 0 Å². The standard InChI is InChI=1S/C11H15NO3/c1-6(2)5-8-9(11(13)14)10(12-15-8)7-3-4-7/h6-7H,3-5H2,1-2H3,(H,13,14). The van der Waals surface area contributed by atoms with E-state index in [9.17, 15) is 4.79 Å². The first-order valence-electron chi connectivity index (χ1n) is 5.31. The average Bonchev–Trinajstić information content (AvgIpc) is 2.87. The van der Waals surface area contributed by atoms with Gasteiger partial charge in [-0.15, -0.1) is 0 Å². The largest absolute Gasteiger partial charge is 0.477 e. The van der Waals surface area contributed by atoms with Gasteiger partial charge in [-0.1, -0.05) is 19.0 Å². The van der Waals surface area contributed by atoms with Crippen LogP contribution in [0.2, 0.25) is 0 Å². The van der Waals surface area contributed by atoms with E-state index >= 15 is 0 Å². The predicted octanol–water partition coefficient (Wildman–Crippen LogP) is 2.45. The molecule has 82 valence electrons. The Kier molecular flexibility index (Phi) is 2.50. The molecule has 0 bridgehead atoms. The van der Waals surface area contributed by atoms with E-state index in [-0.39, 0.29) is 0 Å². The third-order valence-electron chi connectivity index (χ3n) is 2.56. The molecule has 1 aliphatic rings. The highest BCUT2D eigenvalue weighted by Gasteiger charge is 2.34.